The van der Waals surface area contributed by atoms with Gasteiger partial charge in [-0.3, -0.25) is 14.7 Å². The Hall–Kier alpha value is -2.27. The molecule has 0 radical (unpaired) electrons. The van der Waals surface area contributed by atoms with Gasteiger partial charge in [-0.1, -0.05) is 26.0 Å². The van der Waals surface area contributed by atoms with E-state index in [0.717, 1.165) is 50.1 Å². The van der Waals surface area contributed by atoms with E-state index in [1.54, 1.807) is 12.4 Å². The normalized spacial score (nSPS) is 18.3. The molecule has 1 amide bonds. The number of halogens is 1. The largest absolute Gasteiger partial charge is 0.341 e. The number of pyridine rings is 1. The number of benzene rings is 1. The van der Waals surface area contributed by atoms with Gasteiger partial charge in [-0.2, -0.15) is 0 Å². The quantitative estimate of drug-likeness (QED) is 0.759. The molecule has 1 aromatic carbocycles. The molecule has 4 nitrogen and oxygen atoms in total. The summed E-state index contributed by atoms with van der Waals surface area (Å²) in [5.41, 5.74) is 2.26. The van der Waals surface area contributed by atoms with Gasteiger partial charge in [0.05, 0.1) is 0 Å². The number of nitrogens with zero attached hydrogens (tertiary/aromatic N) is 3. The molecule has 1 fully saturated rings. The van der Waals surface area contributed by atoms with Crippen molar-refractivity contribution in [1.82, 2.24) is 14.8 Å². The zero-order valence-corrected chi connectivity index (χ0v) is 16.9. The fourth-order valence-corrected chi connectivity index (χ4v) is 3.90. The Kier molecular flexibility index (Phi) is 7.15. The Bertz CT molecular complexity index is 748. The predicted octanol–water partition coefficient (Wildman–Crippen LogP) is 3.91. The van der Waals surface area contributed by atoms with Gasteiger partial charge in [0, 0.05) is 51.0 Å². The first-order valence-electron chi connectivity index (χ1n) is 10.2. The molecule has 28 heavy (non-hydrogen) atoms. The average Bonchev–Trinajstić information content (AvgIpc) is 2.91. The van der Waals surface area contributed by atoms with Crippen molar-refractivity contribution < 1.29 is 9.18 Å². The van der Waals surface area contributed by atoms with Crippen molar-refractivity contribution in [2.75, 3.05) is 19.6 Å². The van der Waals surface area contributed by atoms with E-state index < -0.39 is 0 Å². The van der Waals surface area contributed by atoms with Crippen LogP contribution in [0.1, 0.15) is 37.8 Å². The third-order valence-corrected chi connectivity index (χ3v) is 5.55. The molecule has 2 heterocycles. The van der Waals surface area contributed by atoms with Gasteiger partial charge in [0.1, 0.15) is 5.82 Å². The topological polar surface area (TPSA) is 36.4 Å². The smallest absolute Gasteiger partial charge is 0.222 e. The minimum absolute atomic E-state index is 0.203. The summed E-state index contributed by atoms with van der Waals surface area (Å²) in [4.78, 5) is 21.4. The molecule has 1 atom stereocenters. The molecule has 5 heteroatoms. The van der Waals surface area contributed by atoms with E-state index in [1.807, 2.05) is 29.2 Å². The molecule has 0 unspecified atom stereocenters. The molecule has 0 bridgehead atoms. The average molecular weight is 384 g/mol. The lowest BCUT2D eigenvalue weighted by atomic mass is 10.0. The number of carbonyl (C=O) groups excluding carboxylic acids is 1. The van der Waals surface area contributed by atoms with E-state index in [2.05, 4.69) is 23.7 Å². The van der Waals surface area contributed by atoms with Crippen LogP contribution in [-0.2, 0) is 17.8 Å². The Morgan fingerprint density at radius 3 is 2.50 bits per heavy atom. The molecular weight excluding hydrogens is 353 g/mol. The summed E-state index contributed by atoms with van der Waals surface area (Å²) in [5, 5.41) is 0. The molecule has 0 spiro atoms. The van der Waals surface area contributed by atoms with Crippen molar-refractivity contribution in [1.29, 1.82) is 0 Å². The van der Waals surface area contributed by atoms with E-state index in [9.17, 15) is 9.18 Å². The van der Waals surface area contributed by atoms with Crippen LogP contribution in [-0.4, -0.2) is 46.4 Å². The number of amides is 1. The summed E-state index contributed by atoms with van der Waals surface area (Å²) in [6, 6.07) is 11.0. The zero-order chi connectivity index (χ0) is 19.9. The summed E-state index contributed by atoms with van der Waals surface area (Å²) in [7, 11) is 0. The number of rotatable bonds is 6. The van der Waals surface area contributed by atoms with Gasteiger partial charge in [0.25, 0.3) is 0 Å². The zero-order valence-electron chi connectivity index (χ0n) is 16.9. The van der Waals surface area contributed by atoms with Crippen LogP contribution in [0.3, 0.4) is 0 Å². The van der Waals surface area contributed by atoms with Crippen molar-refractivity contribution in [3.8, 4) is 0 Å². The molecule has 3 rings (SSSR count). The van der Waals surface area contributed by atoms with Gasteiger partial charge in [0.15, 0.2) is 0 Å². The third-order valence-electron chi connectivity index (χ3n) is 5.55. The monoisotopic (exact) mass is 383 g/mol. The number of hydrogen-bond donors (Lipinski definition) is 0. The second-order valence-electron chi connectivity index (χ2n) is 7.96. The Morgan fingerprint density at radius 2 is 1.82 bits per heavy atom. The van der Waals surface area contributed by atoms with Crippen LogP contribution in [0.2, 0.25) is 0 Å². The molecule has 0 saturated carbocycles. The fraction of sp³-hybridized carbons (Fsp3) is 0.478. The van der Waals surface area contributed by atoms with Crippen LogP contribution in [0.4, 0.5) is 4.39 Å². The summed E-state index contributed by atoms with van der Waals surface area (Å²) in [5.74, 6) is 0.464. The van der Waals surface area contributed by atoms with Gasteiger partial charge in [-0.05, 0) is 54.2 Å². The predicted molar refractivity (Wildman–Crippen MR) is 109 cm³/mol. The maximum absolute atomic E-state index is 13.2. The SMILES string of the molecule is CC(C)[C@@H]1CN(C(=O)CCc2ccncc2)CCCN1Cc1ccc(F)cc1. The summed E-state index contributed by atoms with van der Waals surface area (Å²) in [6.45, 7) is 7.74. The lowest BCUT2D eigenvalue weighted by Gasteiger charge is -2.34. The van der Waals surface area contributed by atoms with Crippen LogP contribution in [0.5, 0.6) is 0 Å². The summed E-state index contributed by atoms with van der Waals surface area (Å²) >= 11 is 0. The van der Waals surface area contributed by atoms with Gasteiger partial charge in [0.2, 0.25) is 5.91 Å². The second kappa shape index (κ2) is 9.78. The molecule has 2 aromatic rings. The van der Waals surface area contributed by atoms with E-state index in [4.69, 9.17) is 0 Å². The standard InChI is InChI=1S/C23H30FN3O/c1-18(2)22-17-27(23(28)9-6-19-10-12-25-13-11-19)15-3-14-26(22)16-20-4-7-21(24)8-5-20/h4-5,7-8,10-13,18,22H,3,6,9,14-17H2,1-2H3/t22-/m0/s1. The lowest BCUT2D eigenvalue weighted by molar-refractivity contribution is -0.131. The van der Waals surface area contributed by atoms with Crippen LogP contribution >= 0.6 is 0 Å². The maximum atomic E-state index is 13.2. The first kappa shape index (κ1) is 20.5. The van der Waals surface area contributed by atoms with E-state index >= 15 is 0 Å². The second-order valence-corrected chi connectivity index (χ2v) is 7.96. The number of hydrogen-bond acceptors (Lipinski definition) is 3. The van der Waals surface area contributed by atoms with Gasteiger partial charge in [-0.15, -0.1) is 0 Å². The minimum atomic E-state index is -0.203. The fourth-order valence-electron chi connectivity index (χ4n) is 3.90. The molecule has 1 aromatic heterocycles. The van der Waals surface area contributed by atoms with Gasteiger partial charge < -0.3 is 4.90 Å². The maximum Gasteiger partial charge on any atom is 0.222 e. The van der Waals surface area contributed by atoms with Crippen molar-refractivity contribution >= 4 is 5.91 Å². The van der Waals surface area contributed by atoms with Crippen molar-refractivity contribution in [2.24, 2.45) is 5.92 Å². The molecule has 1 aliphatic rings. The highest BCUT2D eigenvalue weighted by Crippen LogP contribution is 2.21. The van der Waals surface area contributed by atoms with E-state index in [1.165, 1.54) is 12.1 Å². The van der Waals surface area contributed by atoms with Gasteiger partial charge in [-0.25, -0.2) is 4.39 Å². The highest BCUT2D eigenvalue weighted by molar-refractivity contribution is 5.76. The Balaban J connectivity index is 1.62. The van der Waals surface area contributed by atoms with Crippen LogP contribution in [0.25, 0.3) is 0 Å². The molecule has 1 aliphatic heterocycles. The Labute approximate surface area is 167 Å². The van der Waals surface area contributed by atoms with Crippen molar-refractivity contribution in [3.05, 3.63) is 65.7 Å². The Morgan fingerprint density at radius 1 is 1.11 bits per heavy atom. The van der Waals surface area contributed by atoms with Crippen LogP contribution in [0.15, 0.2) is 48.8 Å². The lowest BCUT2D eigenvalue weighted by Crippen LogP contribution is -2.45. The van der Waals surface area contributed by atoms with E-state index in [0.29, 0.717) is 18.4 Å². The molecule has 0 N–H and O–H groups in total. The molecule has 0 aliphatic carbocycles. The summed E-state index contributed by atoms with van der Waals surface area (Å²) < 4.78 is 13.2. The van der Waals surface area contributed by atoms with Crippen molar-refractivity contribution in [3.63, 3.8) is 0 Å². The van der Waals surface area contributed by atoms with Gasteiger partial charge >= 0.3 is 0 Å². The van der Waals surface area contributed by atoms with E-state index in [-0.39, 0.29) is 11.7 Å². The highest BCUT2D eigenvalue weighted by atomic mass is 19.1. The number of aromatic nitrogens is 1. The third kappa shape index (κ3) is 5.61. The first-order valence-corrected chi connectivity index (χ1v) is 10.2. The first-order chi connectivity index (χ1) is 13.5. The van der Waals surface area contributed by atoms with Crippen LogP contribution < -0.4 is 0 Å². The molecule has 150 valence electrons. The molecule has 1 saturated heterocycles. The molecular formula is C23H30FN3O. The highest BCUT2D eigenvalue weighted by Gasteiger charge is 2.29. The summed E-state index contributed by atoms with van der Waals surface area (Å²) in [6.07, 6.45) is 5.80. The number of carbonyl (C=O) groups is 1. The van der Waals surface area contributed by atoms with Crippen molar-refractivity contribution in [2.45, 2.75) is 45.7 Å². The van der Waals surface area contributed by atoms with Crippen LogP contribution in [0, 0.1) is 11.7 Å². The number of aryl methyl sites for hydroxylation is 1. The minimum Gasteiger partial charge on any atom is -0.341 e.